The van der Waals surface area contributed by atoms with Crippen LogP contribution >= 0.6 is 11.6 Å². The maximum atomic E-state index is 6.02. The van der Waals surface area contributed by atoms with Gasteiger partial charge >= 0.3 is 0 Å². The van der Waals surface area contributed by atoms with Crippen molar-refractivity contribution in [2.24, 2.45) is 0 Å². The maximum Gasteiger partial charge on any atom is 0.0489 e. The quantitative estimate of drug-likeness (QED) is 0.851. The van der Waals surface area contributed by atoms with E-state index >= 15 is 0 Å². The number of hydrogen-bond donors (Lipinski definition) is 1. The average Bonchev–Trinajstić information content (AvgIpc) is 3.02. The van der Waals surface area contributed by atoms with Crippen LogP contribution in [0.25, 0.3) is 0 Å². The number of benzene rings is 1. The second kappa shape index (κ2) is 5.76. The van der Waals surface area contributed by atoms with Gasteiger partial charge in [0.1, 0.15) is 0 Å². The number of fused-ring (bicyclic) bond motifs is 1. The third-order valence-electron chi connectivity index (χ3n) is 3.66. The predicted octanol–water partition coefficient (Wildman–Crippen LogP) is 2.68. The number of aromatic nitrogens is 2. The highest BCUT2D eigenvalue weighted by atomic mass is 35.5. The van der Waals surface area contributed by atoms with E-state index in [0.29, 0.717) is 6.04 Å². The molecule has 0 saturated heterocycles. The minimum atomic E-state index is 0.561. The van der Waals surface area contributed by atoms with Crippen molar-refractivity contribution < 1.29 is 0 Å². The first-order valence-electron chi connectivity index (χ1n) is 6.79. The molecule has 0 radical (unpaired) electrons. The van der Waals surface area contributed by atoms with Crippen LogP contribution in [-0.4, -0.2) is 22.4 Å². The lowest BCUT2D eigenvalue weighted by Crippen LogP contribution is -2.30. The predicted molar refractivity (Wildman–Crippen MR) is 77.5 cm³/mol. The fourth-order valence-electron chi connectivity index (χ4n) is 2.71. The van der Waals surface area contributed by atoms with Crippen molar-refractivity contribution in [1.82, 2.24) is 15.1 Å². The number of nitrogens with zero attached hydrogens (tertiary/aromatic N) is 2. The van der Waals surface area contributed by atoms with Gasteiger partial charge in [-0.2, -0.15) is 5.10 Å². The monoisotopic (exact) mass is 275 g/mol. The standard InChI is InChI=1S/C15H18ClN3/c16-14-4-3-12-10-15(11-13(12)9-14)17-5-1-7-19-8-2-6-18-19/h2-4,6,8-9,15,17H,1,5,7,10-11H2. The second-order valence-electron chi connectivity index (χ2n) is 5.10. The van der Waals surface area contributed by atoms with Gasteiger partial charge < -0.3 is 5.32 Å². The van der Waals surface area contributed by atoms with Crippen molar-refractivity contribution in [3.8, 4) is 0 Å². The zero-order chi connectivity index (χ0) is 13.1. The van der Waals surface area contributed by atoms with E-state index < -0.39 is 0 Å². The summed E-state index contributed by atoms with van der Waals surface area (Å²) < 4.78 is 1.98. The van der Waals surface area contributed by atoms with Gasteiger partial charge in [-0.15, -0.1) is 0 Å². The summed E-state index contributed by atoms with van der Waals surface area (Å²) in [7, 11) is 0. The van der Waals surface area contributed by atoms with Gasteiger partial charge in [-0.05, 0) is 55.1 Å². The van der Waals surface area contributed by atoms with Crippen LogP contribution in [0.5, 0.6) is 0 Å². The van der Waals surface area contributed by atoms with Gasteiger partial charge in [-0.25, -0.2) is 0 Å². The summed E-state index contributed by atoms with van der Waals surface area (Å²) in [5.74, 6) is 0. The van der Waals surface area contributed by atoms with E-state index in [-0.39, 0.29) is 0 Å². The van der Waals surface area contributed by atoms with Crippen molar-refractivity contribution in [1.29, 1.82) is 0 Å². The molecule has 0 bridgehead atoms. The molecule has 0 fully saturated rings. The first-order valence-corrected chi connectivity index (χ1v) is 7.17. The Morgan fingerprint density at radius 1 is 1.32 bits per heavy atom. The highest BCUT2D eigenvalue weighted by Gasteiger charge is 2.20. The SMILES string of the molecule is Clc1ccc2c(c1)CC(NCCCn1cccn1)C2. The first-order chi connectivity index (χ1) is 9.31. The van der Waals surface area contributed by atoms with Crippen LogP contribution in [0.2, 0.25) is 5.02 Å². The molecule has 1 aromatic heterocycles. The Bertz CT molecular complexity index is 536. The molecule has 1 aliphatic carbocycles. The third-order valence-corrected chi connectivity index (χ3v) is 3.89. The van der Waals surface area contributed by atoms with Gasteiger partial charge in [0.25, 0.3) is 0 Å². The van der Waals surface area contributed by atoms with Gasteiger partial charge in [0.05, 0.1) is 0 Å². The van der Waals surface area contributed by atoms with Gasteiger partial charge in [0.15, 0.2) is 0 Å². The van der Waals surface area contributed by atoms with Gasteiger partial charge in [-0.3, -0.25) is 4.68 Å². The molecule has 1 aromatic carbocycles. The summed E-state index contributed by atoms with van der Waals surface area (Å²) in [6.45, 7) is 2.01. The van der Waals surface area contributed by atoms with Crippen molar-refractivity contribution in [3.63, 3.8) is 0 Å². The van der Waals surface area contributed by atoms with Gasteiger partial charge in [0.2, 0.25) is 0 Å². The maximum absolute atomic E-state index is 6.02. The van der Waals surface area contributed by atoms with Crippen molar-refractivity contribution >= 4 is 11.6 Å². The van der Waals surface area contributed by atoms with E-state index in [4.69, 9.17) is 11.6 Å². The third kappa shape index (κ3) is 3.17. The fraction of sp³-hybridized carbons (Fsp3) is 0.400. The zero-order valence-electron chi connectivity index (χ0n) is 10.8. The number of aryl methyl sites for hydroxylation is 1. The van der Waals surface area contributed by atoms with E-state index in [0.717, 1.165) is 37.4 Å². The summed E-state index contributed by atoms with van der Waals surface area (Å²) in [6.07, 6.45) is 7.15. The molecule has 3 rings (SSSR count). The molecule has 0 aliphatic heterocycles. The van der Waals surface area contributed by atoms with Gasteiger partial charge in [0, 0.05) is 30.0 Å². The molecule has 100 valence electrons. The molecule has 4 heteroatoms. The van der Waals surface area contributed by atoms with Gasteiger partial charge in [-0.1, -0.05) is 17.7 Å². The molecule has 0 amide bonds. The second-order valence-corrected chi connectivity index (χ2v) is 5.53. The topological polar surface area (TPSA) is 29.9 Å². The lowest BCUT2D eigenvalue weighted by molar-refractivity contribution is 0.488. The number of halogens is 1. The minimum Gasteiger partial charge on any atom is -0.313 e. The average molecular weight is 276 g/mol. The Morgan fingerprint density at radius 2 is 2.21 bits per heavy atom. The highest BCUT2D eigenvalue weighted by Crippen LogP contribution is 2.25. The van der Waals surface area contributed by atoms with E-state index in [1.165, 1.54) is 11.1 Å². The van der Waals surface area contributed by atoms with Crippen LogP contribution in [0.4, 0.5) is 0 Å². The normalized spacial score (nSPS) is 17.6. The molecule has 1 atom stereocenters. The highest BCUT2D eigenvalue weighted by molar-refractivity contribution is 6.30. The van der Waals surface area contributed by atoms with E-state index in [1.807, 2.05) is 29.2 Å². The number of hydrogen-bond acceptors (Lipinski definition) is 2. The molecule has 3 nitrogen and oxygen atoms in total. The summed E-state index contributed by atoms with van der Waals surface area (Å²) >= 11 is 6.02. The first kappa shape index (κ1) is 12.7. The van der Waals surface area contributed by atoms with Crippen LogP contribution in [0.3, 0.4) is 0 Å². The molecule has 1 aliphatic rings. The molecule has 0 spiro atoms. The molecule has 2 aromatic rings. The summed E-state index contributed by atoms with van der Waals surface area (Å²) in [5, 5.41) is 8.67. The summed E-state index contributed by atoms with van der Waals surface area (Å²) in [6, 6.07) is 8.77. The molecule has 1 heterocycles. The van der Waals surface area contributed by atoms with Crippen LogP contribution in [0, 0.1) is 0 Å². The fourth-order valence-corrected chi connectivity index (χ4v) is 2.91. The molecule has 1 N–H and O–H groups in total. The molecule has 1 unspecified atom stereocenters. The zero-order valence-corrected chi connectivity index (χ0v) is 11.6. The Kier molecular flexibility index (Phi) is 3.85. The Morgan fingerprint density at radius 3 is 3.05 bits per heavy atom. The summed E-state index contributed by atoms with van der Waals surface area (Å²) in [5.41, 5.74) is 2.84. The minimum absolute atomic E-state index is 0.561. The molecular formula is C15H18ClN3. The Hall–Kier alpha value is -1.32. The Balaban J connectivity index is 1.43. The van der Waals surface area contributed by atoms with Crippen molar-refractivity contribution in [3.05, 3.63) is 52.8 Å². The van der Waals surface area contributed by atoms with Crippen LogP contribution in [0.1, 0.15) is 17.5 Å². The lowest BCUT2D eigenvalue weighted by atomic mass is 10.1. The van der Waals surface area contributed by atoms with E-state index in [2.05, 4.69) is 22.5 Å². The van der Waals surface area contributed by atoms with E-state index in [1.54, 1.807) is 0 Å². The van der Waals surface area contributed by atoms with Crippen molar-refractivity contribution in [2.45, 2.75) is 31.8 Å². The number of nitrogens with one attached hydrogen (secondary N) is 1. The lowest BCUT2D eigenvalue weighted by Gasteiger charge is -2.11. The molecular weight excluding hydrogens is 258 g/mol. The van der Waals surface area contributed by atoms with Crippen LogP contribution < -0.4 is 5.32 Å². The summed E-state index contributed by atoms with van der Waals surface area (Å²) in [4.78, 5) is 0. The van der Waals surface area contributed by atoms with Crippen molar-refractivity contribution in [2.75, 3.05) is 6.54 Å². The number of rotatable bonds is 5. The molecule has 19 heavy (non-hydrogen) atoms. The Labute approximate surface area is 118 Å². The smallest absolute Gasteiger partial charge is 0.0489 e. The molecule has 0 saturated carbocycles. The van der Waals surface area contributed by atoms with Crippen LogP contribution in [0.15, 0.2) is 36.7 Å². The van der Waals surface area contributed by atoms with E-state index in [9.17, 15) is 0 Å². The van der Waals surface area contributed by atoms with Crippen LogP contribution in [-0.2, 0) is 19.4 Å². The largest absolute Gasteiger partial charge is 0.313 e.